The first kappa shape index (κ1) is 14.7. The minimum absolute atomic E-state index is 0.0135. The Balaban J connectivity index is 2.32. The number of rotatable bonds is 4. The van der Waals surface area contributed by atoms with E-state index in [1.807, 2.05) is 0 Å². The molecule has 0 saturated carbocycles. The van der Waals surface area contributed by atoms with Gasteiger partial charge in [0.15, 0.2) is 0 Å². The summed E-state index contributed by atoms with van der Waals surface area (Å²) in [5.41, 5.74) is 0.261. The fraction of sp³-hybridized carbons (Fsp3) is 0.0769. The highest BCUT2D eigenvalue weighted by atomic mass is 79.9. The van der Waals surface area contributed by atoms with E-state index in [1.54, 1.807) is 6.07 Å². The fourth-order valence-electron chi connectivity index (χ4n) is 1.63. The second-order valence-corrected chi connectivity index (χ2v) is 5.07. The van der Waals surface area contributed by atoms with Crippen LogP contribution in [0.1, 0.15) is 5.56 Å². The number of nitrogens with zero attached hydrogens (tertiary/aromatic N) is 1. The average Bonchev–Trinajstić information content (AvgIpc) is 2.37. The second-order valence-electron chi connectivity index (χ2n) is 3.89. The van der Waals surface area contributed by atoms with E-state index in [2.05, 4.69) is 15.9 Å². The molecule has 0 radical (unpaired) electrons. The molecule has 7 heteroatoms. The molecule has 2 rings (SSSR count). The van der Waals surface area contributed by atoms with Crippen molar-refractivity contribution in [2.45, 2.75) is 5.88 Å². The Bertz CT molecular complexity index is 646. The van der Waals surface area contributed by atoms with Crippen LogP contribution in [0.3, 0.4) is 0 Å². The van der Waals surface area contributed by atoms with E-state index in [4.69, 9.17) is 16.3 Å². The summed E-state index contributed by atoms with van der Waals surface area (Å²) < 4.78 is 19.2. The largest absolute Gasteiger partial charge is 0.457 e. The van der Waals surface area contributed by atoms with Gasteiger partial charge in [0.05, 0.1) is 10.8 Å². The van der Waals surface area contributed by atoms with Gasteiger partial charge < -0.3 is 4.74 Å². The van der Waals surface area contributed by atoms with Gasteiger partial charge in [-0.25, -0.2) is 4.39 Å². The number of halogens is 3. The van der Waals surface area contributed by atoms with Gasteiger partial charge in [0.1, 0.15) is 17.3 Å². The van der Waals surface area contributed by atoms with Crippen LogP contribution in [0.15, 0.2) is 40.9 Å². The van der Waals surface area contributed by atoms with Crippen LogP contribution < -0.4 is 4.74 Å². The molecule has 0 unspecified atom stereocenters. The maximum Gasteiger partial charge on any atom is 0.274 e. The number of alkyl halides is 1. The van der Waals surface area contributed by atoms with Crippen molar-refractivity contribution in [2.24, 2.45) is 0 Å². The van der Waals surface area contributed by atoms with Crippen molar-refractivity contribution in [1.29, 1.82) is 0 Å². The van der Waals surface area contributed by atoms with Crippen LogP contribution in [0, 0.1) is 15.9 Å². The van der Waals surface area contributed by atoms with Crippen molar-refractivity contribution in [1.82, 2.24) is 0 Å². The van der Waals surface area contributed by atoms with Crippen LogP contribution in [0.2, 0.25) is 0 Å². The number of hydrogen-bond acceptors (Lipinski definition) is 3. The summed E-state index contributed by atoms with van der Waals surface area (Å²) in [6.45, 7) is 0. The van der Waals surface area contributed by atoms with Gasteiger partial charge in [-0.15, -0.1) is 11.6 Å². The zero-order valence-electron chi connectivity index (χ0n) is 9.98. The lowest BCUT2D eigenvalue weighted by Crippen LogP contribution is -1.94. The summed E-state index contributed by atoms with van der Waals surface area (Å²) in [6.07, 6.45) is 0. The molecular weight excluding hydrogens is 353 g/mol. The number of nitro groups is 1. The molecule has 0 aliphatic rings. The van der Waals surface area contributed by atoms with Crippen LogP contribution in [0.25, 0.3) is 0 Å². The van der Waals surface area contributed by atoms with E-state index >= 15 is 0 Å². The maximum atomic E-state index is 13.2. The summed E-state index contributed by atoms with van der Waals surface area (Å²) in [5.74, 6) is 0.171. The van der Waals surface area contributed by atoms with Gasteiger partial charge in [-0.1, -0.05) is 15.9 Å². The number of nitro benzene ring substituents is 1. The Morgan fingerprint density at radius 3 is 2.60 bits per heavy atom. The molecule has 0 aliphatic carbocycles. The van der Waals surface area contributed by atoms with Gasteiger partial charge in [-0.2, -0.15) is 0 Å². The molecule has 104 valence electrons. The van der Waals surface area contributed by atoms with Gasteiger partial charge in [-0.05, 0) is 24.3 Å². The molecule has 0 aliphatic heterocycles. The molecule has 4 nitrogen and oxygen atoms in total. The monoisotopic (exact) mass is 359 g/mol. The molecule has 2 aromatic carbocycles. The van der Waals surface area contributed by atoms with Gasteiger partial charge in [-0.3, -0.25) is 10.1 Å². The zero-order valence-corrected chi connectivity index (χ0v) is 12.3. The molecule has 0 atom stereocenters. The normalized spacial score (nSPS) is 10.3. The van der Waals surface area contributed by atoms with Crippen LogP contribution in [-0.4, -0.2) is 4.92 Å². The quantitative estimate of drug-likeness (QED) is 0.436. The lowest BCUT2D eigenvalue weighted by atomic mass is 10.2. The SMILES string of the molecule is O=[N+]([O-])c1ccc(Oc2cc(F)cc(Br)c2)cc1CCl. The first-order valence-corrected chi connectivity index (χ1v) is 6.79. The van der Waals surface area contributed by atoms with Gasteiger partial charge >= 0.3 is 0 Å². The van der Waals surface area contributed by atoms with Crippen LogP contribution in [-0.2, 0) is 5.88 Å². The molecule has 0 bridgehead atoms. The number of ether oxygens (including phenoxy) is 1. The van der Waals surface area contributed by atoms with Crippen LogP contribution in [0.4, 0.5) is 10.1 Å². The molecule has 0 N–H and O–H groups in total. The minimum atomic E-state index is -0.514. The van der Waals surface area contributed by atoms with Crippen molar-refractivity contribution in [3.63, 3.8) is 0 Å². The Labute approximate surface area is 127 Å². The van der Waals surface area contributed by atoms with Crippen molar-refractivity contribution in [3.05, 3.63) is 62.4 Å². The van der Waals surface area contributed by atoms with Crippen LogP contribution >= 0.6 is 27.5 Å². The zero-order chi connectivity index (χ0) is 14.7. The molecule has 0 fully saturated rings. The fourth-order valence-corrected chi connectivity index (χ4v) is 2.29. The molecule has 20 heavy (non-hydrogen) atoms. The third-order valence-corrected chi connectivity index (χ3v) is 3.21. The van der Waals surface area contributed by atoms with Crippen LogP contribution in [0.5, 0.6) is 11.5 Å². The van der Waals surface area contributed by atoms with Crippen molar-refractivity contribution >= 4 is 33.2 Å². The topological polar surface area (TPSA) is 52.4 Å². The van der Waals surface area contributed by atoms with Crippen molar-refractivity contribution < 1.29 is 14.1 Å². The molecule has 0 aromatic heterocycles. The van der Waals surface area contributed by atoms with Gasteiger partial charge in [0.25, 0.3) is 5.69 Å². The Morgan fingerprint density at radius 1 is 1.25 bits per heavy atom. The smallest absolute Gasteiger partial charge is 0.274 e. The van der Waals surface area contributed by atoms with E-state index in [-0.39, 0.29) is 17.3 Å². The molecule has 2 aromatic rings. The summed E-state index contributed by atoms with van der Waals surface area (Å²) in [4.78, 5) is 10.3. The maximum absolute atomic E-state index is 13.2. The lowest BCUT2D eigenvalue weighted by molar-refractivity contribution is -0.385. The van der Waals surface area contributed by atoms with Gasteiger partial charge in [0.2, 0.25) is 0 Å². The Morgan fingerprint density at radius 2 is 2.00 bits per heavy atom. The first-order valence-electron chi connectivity index (χ1n) is 5.47. The predicted octanol–water partition coefficient (Wildman–Crippen LogP) is 5.03. The molecular formula is C13H8BrClFNO3. The van der Waals surface area contributed by atoms with E-state index in [0.717, 1.165) is 0 Å². The highest BCUT2D eigenvalue weighted by Crippen LogP contribution is 2.30. The van der Waals surface area contributed by atoms with E-state index < -0.39 is 10.7 Å². The summed E-state index contributed by atoms with van der Waals surface area (Å²) >= 11 is 8.83. The Kier molecular flexibility index (Phi) is 4.57. The summed E-state index contributed by atoms with van der Waals surface area (Å²) in [5, 5.41) is 10.8. The van der Waals surface area contributed by atoms with E-state index in [0.29, 0.717) is 15.8 Å². The van der Waals surface area contributed by atoms with Gasteiger partial charge in [0, 0.05) is 22.2 Å². The van der Waals surface area contributed by atoms with E-state index in [9.17, 15) is 14.5 Å². The van der Waals surface area contributed by atoms with E-state index in [1.165, 1.54) is 30.3 Å². The molecule has 0 heterocycles. The van der Waals surface area contributed by atoms with Crippen molar-refractivity contribution in [2.75, 3.05) is 0 Å². The van der Waals surface area contributed by atoms with Crippen molar-refractivity contribution in [3.8, 4) is 11.5 Å². The first-order chi connectivity index (χ1) is 9.49. The molecule has 0 amide bonds. The Hall–Kier alpha value is -1.66. The molecule has 0 saturated heterocycles. The second kappa shape index (κ2) is 6.19. The number of hydrogen-bond donors (Lipinski definition) is 0. The summed E-state index contributed by atoms with van der Waals surface area (Å²) in [7, 11) is 0. The lowest BCUT2D eigenvalue weighted by Gasteiger charge is -2.08. The third kappa shape index (κ3) is 3.46. The minimum Gasteiger partial charge on any atom is -0.457 e. The standard InChI is InChI=1S/C13H8BrClFNO3/c14-9-4-10(16)6-12(5-9)20-11-1-2-13(17(18)19)8(3-11)7-15/h1-6H,7H2. The highest BCUT2D eigenvalue weighted by molar-refractivity contribution is 9.10. The predicted molar refractivity (Wildman–Crippen MR) is 76.8 cm³/mol. The average molecular weight is 361 g/mol. The summed E-state index contributed by atoms with van der Waals surface area (Å²) in [6, 6.07) is 8.31. The highest BCUT2D eigenvalue weighted by Gasteiger charge is 2.14. The number of benzene rings is 2. The molecule has 0 spiro atoms. The third-order valence-electron chi connectivity index (χ3n) is 2.46.